The van der Waals surface area contributed by atoms with Gasteiger partial charge in [0.05, 0.1) is 4.90 Å². The molecule has 0 aromatic heterocycles. The number of carbonyl (C=O) groups is 2. The van der Waals surface area contributed by atoms with Crippen LogP contribution in [0.25, 0.3) is 0 Å². The molecule has 5 fully saturated rings. The summed E-state index contributed by atoms with van der Waals surface area (Å²) in [5, 5.41) is 5.94. The van der Waals surface area contributed by atoms with E-state index in [1.165, 1.54) is 29.6 Å². The first-order valence-corrected chi connectivity index (χ1v) is 14.5. The van der Waals surface area contributed by atoms with E-state index in [1.54, 1.807) is 18.2 Å². The molecule has 1 aromatic carbocycles. The molecule has 6 rings (SSSR count). The number of sulfonamides is 1. The van der Waals surface area contributed by atoms with Gasteiger partial charge in [0.15, 0.2) is 0 Å². The van der Waals surface area contributed by atoms with E-state index >= 15 is 0 Å². The van der Waals surface area contributed by atoms with Crippen LogP contribution in [0.1, 0.15) is 70.6 Å². The van der Waals surface area contributed by atoms with E-state index in [2.05, 4.69) is 10.6 Å². The largest absolute Gasteiger partial charge is 0.356 e. The maximum atomic E-state index is 13.0. The second kappa shape index (κ2) is 9.61. The number of carbonyl (C=O) groups excluding carboxylic acids is 2. The van der Waals surface area contributed by atoms with Crippen LogP contribution >= 0.6 is 0 Å². The highest BCUT2D eigenvalue weighted by Crippen LogP contribution is 2.60. The van der Waals surface area contributed by atoms with Crippen LogP contribution in [0.2, 0.25) is 0 Å². The fraction of sp³-hybridized carbons (Fsp3) is 0.692. The number of hydrogen-bond acceptors (Lipinski definition) is 4. The van der Waals surface area contributed by atoms with Crippen molar-refractivity contribution in [1.82, 2.24) is 9.62 Å². The second-order valence-corrected chi connectivity index (χ2v) is 13.0. The van der Waals surface area contributed by atoms with Gasteiger partial charge in [0.2, 0.25) is 21.8 Å². The van der Waals surface area contributed by atoms with Gasteiger partial charge in [-0.25, -0.2) is 8.42 Å². The number of anilines is 1. The average molecular weight is 488 g/mol. The molecule has 0 radical (unpaired) electrons. The lowest BCUT2D eigenvalue weighted by molar-refractivity contribution is -0.146. The summed E-state index contributed by atoms with van der Waals surface area (Å²) in [6, 6.07) is 6.50. The van der Waals surface area contributed by atoms with Crippen molar-refractivity contribution < 1.29 is 18.0 Å². The molecule has 0 atom stereocenters. The Morgan fingerprint density at radius 3 is 2.26 bits per heavy atom. The van der Waals surface area contributed by atoms with Gasteiger partial charge < -0.3 is 10.6 Å². The van der Waals surface area contributed by atoms with Gasteiger partial charge in [-0.2, -0.15) is 4.31 Å². The van der Waals surface area contributed by atoms with Crippen molar-refractivity contribution in [3.8, 4) is 0 Å². The number of nitrogens with zero attached hydrogens (tertiary/aromatic N) is 1. The highest BCUT2D eigenvalue weighted by atomic mass is 32.2. The third-order valence-corrected chi connectivity index (χ3v) is 10.4. The molecule has 0 spiro atoms. The van der Waals surface area contributed by atoms with E-state index in [0.717, 1.165) is 56.3 Å². The summed E-state index contributed by atoms with van der Waals surface area (Å²) in [4.78, 5) is 25.7. The molecule has 7 nitrogen and oxygen atoms in total. The highest BCUT2D eigenvalue weighted by Gasteiger charge is 2.54. The Bertz CT molecular complexity index is 997. The van der Waals surface area contributed by atoms with Crippen molar-refractivity contribution in [3.63, 3.8) is 0 Å². The predicted molar refractivity (Wildman–Crippen MR) is 131 cm³/mol. The molecule has 186 valence electrons. The van der Waals surface area contributed by atoms with Crippen LogP contribution in [0.3, 0.4) is 0 Å². The van der Waals surface area contributed by atoms with Crippen LogP contribution in [0.5, 0.6) is 0 Å². The van der Waals surface area contributed by atoms with Crippen LogP contribution in [0.4, 0.5) is 5.69 Å². The minimum Gasteiger partial charge on any atom is -0.356 e. The summed E-state index contributed by atoms with van der Waals surface area (Å²) in [5.74, 6) is 2.23. The number of rotatable bonds is 8. The highest BCUT2D eigenvalue weighted by molar-refractivity contribution is 7.89. The van der Waals surface area contributed by atoms with Crippen molar-refractivity contribution in [2.45, 2.75) is 75.5 Å². The normalized spacial score (nSPS) is 30.8. The Hall–Kier alpha value is -1.93. The summed E-state index contributed by atoms with van der Waals surface area (Å²) in [7, 11) is -3.54. The van der Waals surface area contributed by atoms with Crippen molar-refractivity contribution in [1.29, 1.82) is 0 Å². The van der Waals surface area contributed by atoms with Gasteiger partial charge in [-0.05, 0) is 93.7 Å². The maximum Gasteiger partial charge on any atom is 0.243 e. The molecule has 0 unspecified atom stereocenters. The monoisotopic (exact) mass is 487 g/mol. The average Bonchev–Trinajstić information content (AvgIpc) is 2.81. The first-order valence-electron chi connectivity index (χ1n) is 13.0. The number of amides is 2. The van der Waals surface area contributed by atoms with E-state index in [9.17, 15) is 18.0 Å². The molecule has 8 heteroatoms. The van der Waals surface area contributed by atoms with Gasteiger partial charge in [0, 0.05) is 37.2 Å². The standard InChI is InChI=1S/C26H37N3O4S/c30-24(28-22-6-4-7-23(15-22)34(32,33)29-10-2-1-3-11-29)8-5-9-27-25(31)26-16-19-12-20(17-26)14-21(13-19)18-26/h4,6-7,15,19-21H,1-3,5,8-14,16-18H2,(H,27,31)(H,28,30). The topological polar surface area (TPSA) is 95.6 Å². The first-order chi connectivity index (χ1) is 16.3. The molecule has 2 amide bonds. The zero-order chi connectivity index (χ0) is 23.8. The Kier molecular flexibility index (Phi) is 6.73. The number of benzene rings is 1. The third-order valence-electron chi connectivity index (χ3n) is 8.46. The smallest absolute Gasteiger partial charge is 0.243 e. The number of nitrogens with one attached hydrogen (secondary N) is 2. The lowest BCUT2D eigenvalue weighted by Gasteiger charge is -2.55. The molecule has 1 aliphatic heterocycles. The molecular formula is C26H37N3O4S. The van der Waals surface area contributed by atoms with E-state index < -0.39 is 10.0 Å². The molecule has 1 heterocycles. The molecule has 34 heavy (non-hydrogen) atoms. The molecule has 4 aliphatic carbocycles. The fourth-order valence-corrected chi connectivity index (χ4v) is 8.80. The summed E-state index contributed by atoms with van der Waals surface area (Å²) < 4.78 is 27.3. The van der Waals surface area contributed by atoms with E-state index in [0.29, 0.717) is 31.7 Å². The van der Waals surface area contributed by atoms with Gasteiger partial charge in [-0.15, -0.1) is 0 Å². The zero-order valence-electron chi connectivity index (χ0n) is 19.9. The minimum absolute atomic E-state index is 0.155. The van der Waals surface area contributed by atoms with Gasteiger partial charge in [-0.1, -0.05) is 12.5 Å². The van der Waals surface area contributed by atoms with E-state index in [4.69, 9.17) is 0 Å². The summed E-state index contributed by atoms with van der Waals surface area (Å²) in [6.07, 6.45) is 10.7. The second-order valence-electron chi connectivity index (χ2n) is 11.1. The van der Waals surface area contributed by atoms with Crippen LogP contribution in [0.15, 0.2) is 29.2 Å². The van der Waals surface area contributed by atoms with Crippen LogP contribution in [0, 0.1) is 23.2 Å². The van der Waals surface area contributed by atoms with Crippen molar-refractivity contribution in [2.75, 3.05) is 25.0 Å². The van der Waals surface area contributed by atoms with Crippen LogP contribution in [-0.2, 0) is 19.6 Å². The molecule has 1 saturated heterocycles. The molecular weight excluding hydrogens is 450 g/mol. The van der Waals surface area contributed by atoms with Crippen LogP contribution < -0.4 is 10.6 Å². The predicted octanol–water partition coefficient (Wildman–Crippen LogP) is 3.91. The van der Waals surface area contributed by atoms with Crippen molar-refractivity contribution in [2.24, 2.45) is 23.2 Å². The molecule has 1 aromatic rings. The summed E-state index contributed by atoms with van der Waals surface area (Å²) in [6.45, 7) is 1.60. The van der Waals surface area contributed by atoms with Gasteiger partial charge in [0.1, 0.15) is 0 Å². The van der Waals surface area contributed by atoms with Gasteiger partial charge in [-0.3, -0.25) is 9.59 Å². The SMILES string of the molecule is O=C(CCCNC(=O)C12CC3CC(CC(C3)C1)C2)Nc1cccc(S(=O)(=O)N2CCCCC2)c1. The third kappa shape index (κ3) is 4.89. The zero-order valence-corrected chi connectivity index (χ0v) is 20.7. The Morgan fingerprint density at radius 2 is 1.62 bits per heavy atom. The number of hydrogen-bond donors (Lipinski definition) is 2. The number of piperidine rings is 1. The molecule has 2 N–H and O–H groups in total. The van der Waals surface area contributed by atoms with Gasteiger partial charge >= 0.3 is 0 Å². The Labute approximate surface area is 203 Å². The Balaban J connectivity index is 1.09. The van der Waals surface area contributed by atoms with Crippen molar-refractivity contribution in [3.05, 3.63) is 24.3 Å². The Morgan fingerprint density at radius 1 is 0.971 bits per heavy atom. The van der Waals surface area contributed by atoms with E-state index in [1.807, 2.05) is 0 Å². The molecule has 4 bridgehead atoms. The quantitative estimate of drug-likeness (QED) is 0.544. The minimum atomic E-state index is -3.54. The summed E-state index contributed by atoms with van der Waals surface area (Å²) >= 11 is 0. The lowest BCUT2D eigenvalue weighted by Crippen LogP contribution is -2.53. The van der Waals surface area contributed by atoms with Gasteiger partial charge in [0.25, 0.3) is 0 Å². The molecule has 4 saturated carbocycles. The lowest BCUT2D eigenvalue weighted by atomic mass is 9.49. The molecule has 5 aliphatic rings. The maximum absolute atomic E-state index is 13.0. The van der Waals surface area contributed by atoms with E-state index in [-0.39, 0.29) is 28.5 Å². The fourth-order valence-electron chi connectivity index (χ4n) is 7.24. The van der Waals surface area contributed by atoms with Crippen molar-refractivity contribution >= 4 is 27.5 Å². The van der Waals surface area contributed by atoms with Crippen LogP contribution in [-0.4, -0.2) is 44.2 Å². The summed E-state index contributed by atoms with van der Waals surface area (Å²) in [5.41, 5.74) is 0.331. The first kappa shape index (κ1) is 23.8.